The highest BCUT2D eigenvalue weighted by atomic mass is 16.1. The summed E-state index contributed by atoms with van der Waals surface area (Å²) in [5.41, 5.74) is 2.13. The summed E-state index contributed by atoms with van der Waals surface area (Å²) >= 11 is 0. The number of para-hydroxylation sites is 1. The molecule has 0 unspecified atom stereocenters. The van der Waals surface area contributed by atoms with E-state index < -0.39 is 0 Å². The van der Waals surface area contributed by atoms with Crippen molar-refractivity contribution in [3.05, 3.63) is 42.1 Å². The van der Waals surface area contributed by atoms with Crippen molar-refractivity contribution in [2.75, 3.05) is 13.6 Å². The van der Waals surface area contributed by atoms with E-state index in [1.165, 1.54) is 0 Å². The van der Waals surface area contributed by atoms with Gasteiger partial charge in [-0.1, -0.05) is 18.2 Å². The molecular weight excluding hydrogens is 214 g/mol. The van der Waals surface area contributed by atoms with Crippen molar-refractivity contribution in [2.24, 2.45) is 0 Å². The molecule has 4 heteroatoms. The number of carbonyl (C=O) groups is 1. The van der Waals surface area contributed by atoms with E-state index in [1.54, 1.807) is 13.2 Å². The van der Waals surface area contributed by atoms with E-state index in [4.69, 9.17) is 0 Å². The normalized spacial score (nSPS) is 10.4. The highest BCUT2D eigenvalue weighted by molar-refractivity contribution is 5.82. The molecule has 1 aromatic heterocycles. The molecular formula is C13H15N3O. The van der Waals surface area contributed by atoms with Crippen LogP contribution in [0.2, 0.25) is 0 Å². The van der Waals surface area contributed by atoms with Crippen molar-refractivity contribution in [1.29, 1.82) is 0 Å². The second-order valence-corrected chi connectivity index (χ2v) is 3.76. The van der Waals surface area contributed by atoms with Gasteiger partial charge in [0.25, 0.3) is 0 Å². The number of benzene rings is 1. The Balaban J connectivity index is 2.11. The Kier molecular flexibility index (Phi) is 3.67. The number of hydrogen-bond donors (Lipinski definition) is 2. The highest BCUT2D eigenvalue weighted by Gasteiger charge is 2.02. The third-order valence-corrected chi connectivity index (χ3v) is 2.62. The first-order valence-electron chi connectivity index (χ1n) is 5.55. The molecule has 0 radical (unpaired) electrons. The lowest BCUT2D eigenvalue weighted by atomic mass is 10.1. The van der Waals surface area contributed by atoms with Gasteiger partial charge in [-0.25, -0.2) is 0 Å². The number of pyridine rings is 1. The van der Waals surface area contributed by atoms with Gasteiger partial charge in [-0.2, -0.15) is 0 Å². The van der Waals surface area contributed by atoms with Gasteiger partial charge in [-0.3, -0.25) is 9.78 Å². The van der Waals surface area contributed by atoms with Crippen LogP contribution in [0, 0.1) is 0 Å². The second kappa shape index (κ2) is 5.41. The zero-order valence-corrected chi connectivity index (χ0v) is 9.73. The summed E-state index contributed by atoms with van der Waals surface area (Å²) < 4.78 is 0. The summed E-state index contributed by atoms with van der Waals surface area (Å²) in [4.78, 5) is 15.4. The molecule has 17 heavy (non-hydrogen) atoms. The minimum Gasteiger partial charge on any atom is -0.358 e. The van der Waals surface area contributed by atoms with Crippen molar-refractivity contribution in [3.63, 3.8) is 0 Å². The maximum absolute atomic E-state index is 11.1. The average Bonchev–Trinajstić information content (AvgIpc) is 2.39. The first-order valence-corrected chi connectivity index (χ1v) is 5.55. The molecule has 88 valence electrons. The Hall–Kier alpha value is -1.94. The molecule has 0 aliphatic rings. The van der Waals surface area contributed by atoms with E-state index in [1.807, 2.05) is 30.3 Å². The SMILES string of the molecule is CNC(=O)CNCc1ccnc2ccccc12. The predicted octanol–water partition coefficient (Wildman–Crippen LogP) is 1.07. The fourth-order valence-electron chi connectivity index (χ4n) is 1.71. The smallest absolute Gasteiger partial charge is 0.233 e. The lowest BCUT2D eigenvalue weighted by Crippen LogP contribution is -2.31. The van der Waals surface area contributed by atoms with Gasteiger partial charge in [0.05, 0.1) is 12.1 Å². The summed E-state index contributed by atoms with van der Waals surface area (Å²) in [6.45, 7) is 0.990. The molecule has 2 aromatic rings. The lowest BCUT2D eigenvalue weighted by molar-refractivity contribution is -0.119. The zero-order chi connectivity index (χ0) is 12.1. The van der Waals surface area contributed by atoms with Gasteiger partial charge >= 0.3 is 0 Å². The van der Waals surface area contributed by atoms with Gasteiger partial charge in [0.1, 0.15) is 0 Å². The number of carbonyl (C=O) groups excluding carboxylic acids is 1. The van der Waals surface area contributed by atoms with Gasteiger partial charge in [0, 0.05) is 25.2 Å². The van der Waals surface area contributed by atoms with E-state index >= 15 is 0 Å². The quantitative estimate of drug-likeness (QED) is 0.824. The van der Waals surface area contributed by atoms with E-state index in [2.05, 4.69) is 15.6 Å². The van der Waals surface area contributed by atoms with E-state index in [9.17, 15) is 4.79 Å². The minimum atomic E-state index is -0.0108. The number of hydrogen-bond acceptors (Lipinski definition) is 3. The summed E-state index contributed by atoms with van der Waals surface area (Å²) in [6, 6.07) is 9.96. The summed E-state index contributed by atoms with van der Waals surface area (Å²) in [7, 11) is 1.63. The first-order chi connectivity index (χ1) is 8.31. The van der Waals surface area contributed by atoms with Crippen molar-refractivity contribution in [1.82, 2.24) is 15.6 Å². The van der Waals surface area contributed by atoms with Crippen LogP contribution in [0.3, 0.4) is 0 Å². The number of aromatic nitrogens is 1. The Morgan fingerprint density at radius 1 is 1.29 bits per heavy atom. The van der Waals surface area contributed by atoms with Crippen LogP contribution >= 0.6 is 0 Å². The lowest BCUT2D eigenvalue weighted by Gasteiger charge is -2.07. The van der Waals surface area contributed by atoms with Gasteiger partial charge in [-0.05, 0) is 17.7 Å². The van der Waals surface area contributed by atoms with Crippen LogP contribution in [0.5, 0.6) is 0 Å². The number of nitrogens with one attached hydrogen (secondary N) is 2. The molecule has 1 aromatic carbocycles. The van der Waals surface area contributed by atoms with Crippen molar-refractivity contribution in [2.45, 2.75) is 6.54 Å². The topological polar surface area (TPSA) is 54.0 Å². The molecule has 1 heterocycles. The molecule has 2 N–H and O–H groups in total. The summed E-state index contributed by atoms with van der Waals surface area (Å²) in [5.74, 6) is -0.0108. The third-order valence-electron chi connectivity index (χ3n) is 2.62. The van der Waals surface area contributed by atoms with E-state index in [0.29, 0.717) is 13.1 Å². The molecule has 0 spiro atoms. The van der Waals surface area contributed by atoms with Crippen LogP contribution in [-0.2, 0) is 11.3 Å². The molecule has 0 aliphatic carbocycles. The van der Waals surface area contributed by atoms with Gasteiger partial charge in [0.15, 0.2) is 0 Å². The fourth-order valence-corrected chi connectivity index (χ4v) is 1.71. The number of amides is 1. The Morgan fingerprint density at radius 3 is 2.94 bits per heavy atom. The third kappa shape index (κ3) is 2.79. The number of fused-ring (bicyclic) bond motifs is 1. The van der Waals surface area contributed by atoms with Gasteiger partial charge in [-0.15, -0.1) is 0 Å². The predicted molar refractivity (Wildman–Crippen MR) is 67.5 cm³/mol. The maximum Gasteiger partial charge on any atom is 0.233 e. The Morgan fingerprint density at radius 2 is 2.12 bits per heavy atom. The standard InChI is InChI=1S/C13H15N3O/c1-14-13(17)9-15-8-10-6-7-16-12-5-3-2-4-11(10)12/h2-7,15H,8-9H2,1H3,(H,14,17). The van der Waals surface area contributed by atoms with Gasteiger partial charge < -0.3 is 10.6 Å². The van der Waals surface area contributed by atoms with Crippen molar-refractivity contribution < 1.29 is 4.79 Å². The molecule has 4 nitrogen and oxygen atoms in total. The van der Waals surface area contributed by atoms with Crippen molar-refractivity contribution in [3.8, 4) is 0 Å². The molecule has 0 atom stereocenters. The molecule has 2 rings (SSSR count). The molecule has 0 fully saturated rings. The van der Waals surface area contributed by atoms with Crippen LogP contribution < -0.4 is 10.6 Å². The van der Waals surface area contributed by atoms with E-state index in [0.717, 1.165) is 16.5 Å². The molecule has 0 saturated carbocycles. The molecule has 0 aliphatic heterocycles. The van der Waals surface area contributed by atoms with Crippen LogP contribution in [0.1, 0.15) is 5.56 Å². The summed E-state index contributed by atoms with van der Waals surface area (Å²) in [6.07, 6.45) is 1.79. The van der Waals surface area contributed by atoms with Crippen molar-refractivity contribution >= 4 is 16.8 Å². The number of nitrogens with zero attached hydrogens (tertiary/aromatic N) is 1. The monoisotopic (exact) mass is 229 g/mol. The van der Waals surface area contributed by atoms with Crippen LogP contribution in [-0.4, -0.2) is 24.5 Å². The average molecular weight is 229 g/mol. The van der Waals surface area contributed by atoms with Crippen LogP contribution in [0.25, 0.3) is 10.9 Å². The number of likely N-dealkylation sites (N-methyl/N-ethyl adjacent to an activating group) is 1. The highest BCUT2D eigenvalue weighted by Crippen LogP contribution is 2.15. The second-order valence-electron chi connectivity index (χ2n) is 3.76. The van der Waals surface area contributed by atoms with Crippen LogP contribution in [0.15, 0.2) is 36.5 Å². The first kappa shape index (κ1) is 11.5. The zero-order valence-electron chi connectivity index (χ0n) is 9.73. The molecule has 1 amide bonds. The van der Waals surface area contributed by atoms with Gasteiger partial charge in [0.2, 0.25) is 5.91 Å². The molecule has 0 bridgehead atoms. The Labute approximate surface area is 100 Å². The summed E-state index contributed by atoms with van der Waals surface area (Å²) in [5, 5.41) is 6.80. The van der Waals surface area contributed by atoms with E-state index in [-0.39, 0.29) is 5.91 Å². The maximum atomic E-state index is 11.1. The Bertz CT molecular complexity index is 520. The minimum absolute atomic E-state index is 0.0108. The molecule has 0 saturated heterocycles. The van der Waals surface area contributed by atoms with Crippen LogP contribution in [0.4, 0.5) is 0 Å². The fraction of sp³-hybridized carbons (Fsp3) is 0.231. The number of rotatable bonds is 4. The largest absolute Gasteiger partial charge is 0.358 e.